The number of hydrogen-bond donors (Lipinski definition) is 1. The first kappa shape index (κ1) is 10.7. The third-order valence-electron chi connectivity index (χ3n) is 2.64. The maximum Gasteiger partial charge on any atom is 0.217 e. The van der Waals surface area contributed by atoms with Crippen LogP contribution in [0.1, 0.15) is 21.5 Å². The Bertz CT molecular complexity index is 626. The van der Waals surface area contributed by atoms with E-state index in [4.69, 9.17) is 5.26 Å². The van der Waals surface area contributed by atoms with E-state index in [2.05, 4.69) is 18.7 Å². The van der Waals surface area contributed by atoms with Crippen LogP contribution in [0.2, 0.25) is 0 Å². The van der Waals surface area contributed by atoms with Crippen molar-refractivity contribution in [3.05, 3.63) is 47.0 Å². The standard InChI is InChI=1S/C13H9NOS/c1-8-10(7-14)6-9-4-2-3-5-11(9)12(8)13(15)16/h2-6H,1H3,(H,15,16). The molecule has 0 radical (unpaired) electrons. The van der Waals surface area contributed by atoms with Crippen molar-refractivity contribution in [2.24, 2.45) is 0 Å². The summed E-state index contributed by atoms with van der Waals surface area (Å²) in [5.74, 6) is 0. The first-order chi connectivity index (χ1) is 7.65. The molecular formula is C13H9NOS. The molecule has 0 unspecified atom stereocenters. The van der Waals surface area contributed by atoms with E-state index in [0.717, 1.165) is 10.8 Å². The van der Waals surface area contributed by atoms with Gasteiger partial charge >= 0.3 is 0 Å². The zero-order valence-corrected chi connectivity index (χ0v) is 9.58. The minimum absolute atomic E-state index is 0.300. The van der Waals surface area contributed by atoms with Crippen molar-refractivity contribution in [2.45, 2.75) is 6.92 Å². The number of carbonyl (C=O) groups excluding carboxylic acids is 1. The lowest BCUT2D eigenvalue weighted by molar-refractivity contribution is 0.109. The Morgan fingerprint density at radius 1 is 1.38 bits per heavy atom. The number of hydrogen-bond acceptors (Lipinski definition) is 2. The van der Waals surface area contributed by atoms with Gasteiger partial charge in [-0.15, -0.1) is 12.6 Å². The van der Waals surface area contributed by atoms with Gasteiger partial charge in [-0.1, -0.05) is 24.3 Å². The zero-order valence-electron chi connectivity index (χ0n) is 8.69. The molecule has 0 amide bonds. The van der Waals surface area contributed by atoms with Crippen LogP contribution in [0, 0.1) is 18.3 Å². The maximum absolute atomic E-state index is 11.5. The first-order valence-electron chi connectivity index (χ1n) is 4.81. The smallest absolute Gasteiger partial charge is 0.217 e. The van der Waals surface area contributed by atoms with Gasteiger partial charge in [-0.2, -0.15) is 5.26 Å². The van der Waals surface area contributed by atoms with Gasteiger partial charge in [0.15, 0.2) is 0 Å². The van der Waals surface area contributed by atoms with Gasteiger partial charge in [-0.3, -0.25) is 4.79 Å². The monoisotopic (exact) mass is 227 g/mol. The summed E-state index contributed by atoms with van der Waals surface area (Å²) in [6.45, 7) is 1.77. The second-order valence-corrected chi connectivity index (χ2v) is 3.97. The topological polar surface area (TPSA) is 40.9 Å². The molecule has 0 N–H and O–H groups in total. The van der Waals surface area contributed by atoms with E-state index in [-0.39, 0.29) is 5.12 Å². The van der Waals surface area contributed by atoms with Crippen LogP contribution in [-0.2, 0) is 0 Å². The highest BCUT2D eigenvalue weighted by atomic mass is 32.1. The zero-order chi connectivity index (χ0) is 11.7. The van der Waals surface area contributed by atoms with E-state index >= 15 is 0 Å². The molecule has 0 aliphatic rings. The molecule has 0 aliphatic heterocycles. The first-order valence-corrected chi connectivity index (χ1v) is 5.25. The number of thiol groups is 1. The fourth-order valence-electron chi connectivity index (χ4n) is 1.84. The summed E-state index contributed by atoms with van der Waals surface area (Å²) in [5.41, 5.74) is 1.75. The van der Waals surface area contributed by atoms with Crippen molar-refractivity contribution in [1.82, 2.24) is 0 Å². The molecule has 0 aromatic heterocycles. The Balaban J connectivity index is 2.98. The fraction of sp³-hybridized carbons (Fsp3) is 0.0769. The van der Waals surface area contributed by atoms with Gasteiger partial charge in [0.05, 0.1) is 11.6 Å². The molecule has 0 fully saturated rings. The number of benzene rings is 2. The predicted octanol–water partition coefficient (Wildman–Crippen LogP) is 3.09. The molecule has 16 heavy (non-hydrogen) atoms. The van der Waals surface area contributed by atoms with E-state index in [1.54, 1.807) is 13.0 Å². The van der Waals surface area contributed by atoms with Crippen molar-refractivity contribution in [3.8, 4) is 6.07 Å². The van der Waals surface area contributed by atoms with Crippen LogP contribution in [0.25, 0.3) is 10.8 Å². The third-order valence-corrected chi connectivity index (χ3v) is 2.87. The SMILES string of the molecule is Cc1c(C#N)cc2ccccc2c1C(=O)S. The molecule has 0 atom stereocenters. The van der Waals surface area contributed by atoms with Gasteiger partial charge < -0.3 is 0 Å². The Morgan fingerprint density at radius 2 is 2.06 bits per heavy atom. The van der Waals surface area contributed by atoms with E-state index in [0.29, 0.717) is 16.7 Å². The molecule has 2 nitrogen and oxygen atoms in total. The summed E-state index contributed by atoms with van der Waals surface area (Å²) in [5, 5.41) is 10.4. The summed E-state index contributed by atoms with van der Waals surface area (Å²) in [7, 11) is 0. The van der Waals surface area contributed by atoms with Crippen LogP contribution in [0.4, 0.5) is 0 Å². The Hall–Kier alpha value is -1.79. The third kappa shape index (κ3) is 1.58. The highest BCUT2D eigenvalue weighted by molar-refractivity contribution is 7.97. The molecular weight excluding hydrogens is 218 g/mol. The minimum atomic E-state index is -0.300. The molecule has 2 aromatic rings. The normalized spacial score (nSPS) is 10.1. The van der Waals surface area contributed by atoms with Crippen LogP contribution < -0.4 is 0 Å². The number of fused-ring (bicyclic) bond motifs is 1. The average Bonchev–Trinajstić information content (AvgIpc) is 2.27. The van der Waals surface area contributed by atoms with Crippen molar-refractivity contribution >= 4 is 28.5 Å². The van der Waals surface area contributed by atoms with Crippen molar-refractivity contribution in [2.75, 3.05) is 0 Å². The van der Waals surface area contributed by atoms with Crippen LogP contribution in [-0.4, -0.2) is 5.12 Å². The number of carbonyl (C=O) groups is 1. The van der Waals surface area contributed by atoms with Crippen LogP contribution in [0.5, 0.6) is 0 Å². The van der Waals surface area contributed by atoms with E-state index in [1.165, 1.54) is 0 Å². The maximum atomic E-state index is 11.5. The lowest BCUT2D eigenvalue weighted by Crippen LogP contribution is -1.98. The molecule has 0 bridgehead atoms. The predicted molar refractivity (Wildman–Crippen MR) is 66.7 cm³/mol. The second-order valence-electron chi connectivity index (χ2n) is 3.56. The molecule has 0 aliphatic carbocycles. The van der Waals surface area contributed by atoms with Gasteiger partial charge in [0.2, 0.25) is 5.12 Å². The quantitative estimate of drug-likeness (QED) is 0.760. The highest BCUT2D eigenvalue weighted by Gasteiger charge is 2.13. The van der Waals surface area contributed by atoms with Gasteiger partial charge in [-0.25, -0.2) is 0 Å². The Labute approximate surface area is 98.9 Å². The minimum Gasteiger partial charge on any atom is -0.282 e. The molecule has 78 valence electrons. The summed E-state index contributed by atoms with van der Waals surface area (Å²) >= 11 is 3.87. The number of rotatable bonds is 1. The van der Waals surface area contributed by atoms with Crippen LogP contribution in [0.3, 0.4) is 0 Å². The van der Waals surface area contributed by atoms with E-state index in [1.807, 2.05) is 24.3 Å². The molecule has 0 saturated carbocycles. The second kappa shape index (κ2) is 3.99. The van der Waals surface area contributed by atoms with Crippen molar-refractivity contribution in [1.29, 1.82) is 5.26 Å². The highest BCUT2D eigenvalue weighted by Crippen LogP contribution is 2.26. The van der Waals surface area contributed by atoms with Crippen LogP contribution in [0.15, 0.2) is 30.3 Å². The van der Waals surface area contributed by atoms with Crippen molar-refractivity contribution < 1.29 is 4.79 Å². The number of nitriles is 1. The molecule has 3 heteroatoms. The average molecular weight is 227 g/mol. The van der Waals surface area contributed by atoms with Gasteiger partial charge in [0, 0.05) is 5.56 Å². The molecule has 0 saturated heterocycles. The summed E-state index contributed by atoms with van der Waals surface area (Å²) in [6, 6.07) is 11.4. The molecule has 2 aromatic carbocycles. The largest absolute Gasteiger partial charge is 0.282 e. The molecule has 2 rings (SSSR count). The summed E-state index contributed by atoms with van der Waals surface area (Å²) < 4.78 is 0. The summed E-state index contributed by atoms with van der Waals surface area (Å²) in [4.78, 5) is 11.5. The summed E-state index contributed by atoms with van der Waals surface area (Å²) in [6.07, 6.45) is 0. The van der Waals surface area contributed by atoms with Gasteiger partial charge in [0.1, 0.15) is 0 Å². The van der Waals surface area contributed by atoms with Gasteiger partial charge in [0.25, 0.3) is 0 Å². The Kier molecular flexibility index (Phi) is 2.67. The van der Waals surface area contributed by atoms with E-state index < -0.39 is 0 Å². The fourth-order valence-corrected chi connectivity index (χ4v) is 2.13. The lowest BCUT2D eigenvalue weighted by Gasteiger charge is -2.08. The lowest BCUT2D eigenvalue weighted by atomic mass is 9.96. The Morgan fingerprint density at radius 3 is 2.69 bits per heavy atom. The van der Waals surface area contributed by atoms with Crippen LogP contribution >= 0.6 is 12.6 Å². The molecule has 0 heterocycles. The molecule has 0 spiro atoms. The van der Waals surface area contributed by atoms with Gasteiger partial charge in [-0.05, 0) is 29.3 Å². The van der Waals surface area contributed by atoms with Crippen molar-refractivity contribution in [3.63, 3.8) is 0 Å². The van der Waals surface area contributed by atoms with E-state index in [9.17, 15) is 4.79 Å². The number of nitrogens with zero attached hydrogens (tertiary/aromatic N) is 1.